The Morgan fingerprint density at radius 1 is 1.10 bits per heavy atom. The van der Waals surface area contributed by atoms with Gasteiger partial charge >= 0.3 is 0 Å². The number of carbonyl (C=O) groups excluding carboxylic acids is 1. The third-order valence-corrected chi connectivity index (χ3v) is 3.86. The molecule has 0 aliphatic heterocycles. The summed E-state index contributed by atoms with van der Waals surface area (Å²) < 4.78 is 5.85. The maximum absolute atomic E-state index is 12.2. The normalized spacial score (nSPS) is 15.3. The van der Waals surface area contributed by atoms with E-state index >= 15 is 0 Å². The number of amides is 1. The Kier molecular flexibility index (Phi) is 3.91. The van der Waals surface area contributed by atoms with E-state index in [1.54, 1.807) is 0 Å². The fraction of sp³-hybridized carbons (Fsp3) is 0.278. The van der Waals surface area contributed by atoms with Crippen LogP contribution in [0.2, 0.25) is 0 Å². The van der Waals surface area contributed by atoms with Gasteiger partial charge in [0, 0.05) is 5.92 Å². The van der Waals surface area contributed by atoms with E-state index in [2.05, 4.69) is 5.32 Å². The number of nitrogens with one attached hydrogen (secondary N) is 1. The molecular weight excluding hydrogens is 262 g/mol. The molecule has 21 heavy (non-hydrogen) atoms. The number of para-hydroxylation sites is 3. The van der Waals surface area contributed by atoms with E-state index in [0.717, 1.165) is 24.3 Å². The molecule has 1 aliphatic carbocycles. The molecule has 1 unspecified atom stereocenters. The van der Waals surface area contributed by atoms with Crippen molar-refractivity contribution in [2.45, 2.75) is 19.8 Å². The van der Waals surface area contributed by atoms with E-state index in [1.807, 2.05) is 61.5 Å². The number of anilines is 1. The van der Waals surface area contributed by atoms with Gasteiger partial charge in [-0.15, -0.1) is 0 Å². The second-order valence-corrected chi connectivity index (χ2v) is 5.53. The Labute approximate surface area is 124 Å². The summed E-state index contributed by atoms with van der Waals surface area (Å²) in [5, 5.41) is 2.99. The molecule has 1 fully saturated rings. The zero-order chi connectivity index (χ0) is 14.7. The molecule has 0 spiro atoms. The Morgan fingerprint density at radius 3 is 2.48 bits per heavy atom. The summed E-state index contributed by atoms with van der Waals surface area (Å²) in [6, 6.07) is 17.1. The van der Waals surface area contributed by atoms with Gasteiger partial charge in [-0.25, -0.2) is 0 Å². The molecule has 2 aromatic rings. The number of hydrogen-bond acceptors (Lipinski definition) is 2. The lowest BCUT2D eigenvalue weighted by atomic mass is 10.1. The van der Waals surface area contributed by atoms with E-state index in [1.165, 1.54) is 0 Å². The van der Waals surface area contributed by atoms with Crippen molar-refractivity contribution >= 4 is 11.6 Å². The Bertz CT molecular complexity index is 620. The van der Waals surface area contributed by atoms with Crippen LogP contribution >= 0.6 is 0 Å². The Hall–Kier alpha value is -2.29. The first kappa shape index (κ1) is 13.7. The highest BCUT2D eigenvalue weighted by atomic mass is 16.5. The average molecular weight is 281 g/mol. The number of benzene rings is 2. The molecule has 0 saturated heterocycles. The second kappa shape index (κ2) is 6.00. The third-order valence-electron chi connectivity index (χ3n) is 3.86. The first-order chi connectivity index (χ1) is 10.2. The van der Waals surface area contributed by atoms with E-state index in [9.17, 15) is 4.79 Å². The van der Waals surface area contributed by atoms with Crippen molar-refractivity contribution in [3.63, 3.8) is 0 Å². The molecule has 0 radical (unpaired) electrons. The molecule has 108 valence electrons. The minimum atomic E-state index is 0.0646. The van der Waals surface area contributed by atoms with Crippen molar-refractivity contribution in [2.24, 2.45) is 11.8 Å². The van der Waals surface area contributed by atoms with Gasteiger partial charge in [-0.2, -0.15) is 0 Å². The number of hydrogen-bond donors (Lipinski definition) is 1. The predicted molar refractivity (Wildman–Crippen MR) is 83.5 cm³/mol. The lowest BCUT2D eigenvalue weighted by Crippen LogP contribution is -2.22. The summed E-state index contributed by atoms with van der Waals surface area (Å²) in [5.74, 6) is 2.11. The molecule has 1 atom stereocenters. The standard InChI is InChI=1S/C18H19NO2/c1-13(14-11-12-14)18(20)19-16-9-5-6-10-17(16)21-15-7-3-2-4-8-15/h2-10,13-14H,11-12H2,1H3,(H,19,20). The molecule has 3 nitrogen and oxygen atoms in total. The van der Waals surface area contributed by atoms with Crippen molar-refractivity contribution in [2.75, 3.05) is 5.32 Å². The van der Waals surface area contributed by atoms with Crippen molar-refractivity contribution in [3.8, 4) is 11.5 Å². The van der Waals surface area contributed by atoms with Gasteiger partial charge in [-0.05, 0) is 43.0 Å². The Balaban J connectivity index is 1.74. The lowest BCUT2D eigenvalue weighted by molar-refractivity contribution is -0.119. The first-order valence-corrected chi connectivity index (χ1v) is 7.37. The number of ether oxygens (including phenoxy) is 1. The van der Waals surface area contributed by atoms with Crippen LogP contribution in [0, 0.1) is 11.8 Å². The van der Waals surface area contributed by atoms with Gasteiger partial charge in [-0.3, -0.25) is 4.79 Å². The quantitative estimate of drug-likeness (QED) is 0.878. The molecule has 1 aliphatic rings. The number of rotatable bonds is 5. The van der Waals surface area contributed by atoms with E-state index in [0.29, 0.717) is 11.7 Å². The van der Waals surface area contributed by atoms with Crippen molar-refractivity contribution in [1.82, 2.24) is 0 Å². The molecular formula is C18H19NO2. The smallest absolute Gasteiger partial charge is 0.227 e. The van der Waals surface area contributed by atoms with E-state index in [-0.39, 0.29) is 11.8 Å². The van der Waals surface area contributed by atoms with Crippen LogP contribution in [-0.2, 0) is 4.79 Å². The monoisotopic (exact) mass is 281 g/mol. The molecule has 3 heteroatoms. The second-order valence-electron chi connectivity index (χ2n) is 5.53. The van der Waals surface area contributed by atoms with E-state index in [4.69, 9.17) is 4.74 Å². The summed E-state index contributed by atoms with van der Waals surface area (Å²) in [5.41, 5.74) is 0.721. The summed E-state index contributed by atoms with van der Waals surface area (Å²) in [6.45, 7) is 1.99. The molecule has 0 heterocycles. The van der Waals surface area contributed by atoms with Crippen LogP contribution in [-0.4, -0.2) is 5.91 Å². The molecule has 0 bridgehead atoms. The lowest BCUT2D eigenvalue weighted by Gasteiger charge is -2.14. The van der Waals surface area contributed by atoms with Gasteiger partial charge < -0.3 is 10.1 Å². The van der Waals surface area contributed by atoms with Gasteiger partial charge in [0.15, 0.2) is 5.75 Å². The van der Waals surface area contributed by atoms with Crippen molar-refractivity contribution in [1.29, 1.82) is 0 Å². The summed E-state index contributed by atoms with van der Waals surface area (Å²) in [7, 11) is 0. The molecule has 1 amide bonds. The van der Waals surface area contributed by atoms with Gasteiger partial charge in [0.2, 0.25) is 5.91 Å². The average Bonchev–Trinajstić information content (AvgIpc) is 3.34. The molecule has 0 aromatic heterocycles. The van der Waals surface area contributed by atoms with Crippen molar-refractivity contribution < 1.29 is 9.53 Å². The minimum Gasteiger partial charge on any atom is -0.455 e. The highest BCUT2D eigenvalue weighted by Crippen LogP contribution is 2.37. The van der Waals surface area contributed by atoms with Crippen LogP contribution in [0.4, 0.5) is 5.69 Å². The zero-order valence-electron chi connectivity index (χ0n) is 12.1. The van der Waals surface area contributed by atoms with Crippen LogP contribution in [0.25, 0.3) is 0 Å². The molecule has 1 N–H and O–H groups in total. The zero-order valence-corrected chi connectivity index (χ0v) is 12.1. The van der Waals surface area contributed by atoms with Gasteiger partial charge in [-0.1, -0.05) is 37.3 Å². The molecule has 2 aromatic carbocycles. The maximum Gasteiger partial charge on any atom is 0.227 e. The molecule has 3 rings (SSSR count). The van der Waals surface area contributed by atoms with Gasteiger partial charge in [0.25, 0.3) is 0 Å². The van der Waals surface area contributed by atoms with Crippen LogP contribution in [0.1, 0.15) is 19.8 Å². The minimum absolute atomic E-state index is 0.0646. The maximum atomic E-state index is 12.2. The van der Waals surface area contributed by atoms with Crippen molar-refractivity contribution in [3.05, 3.63) is 54.6 Å². The van der Waals surface area contributed by atoms with Gasteiger partial charge in [0.1, 0.15) is 5.75 Å². The number of carbonyl (C=O) groups is 1. The van der Waals surface area contributed by atoms with E-state index < -0.39 is 0 Å². The SMILES string of the molecule is CC(C(=O)Nc1ccccc1Oc1ccccc1)C1CC1. The summed E-state index contributed by atoms with van der Waals surface area (Å²) in [4.78, 5) is 12.2. The highest BCUT2D eigenvalue weighted by Gasteiger charge is 2.32. The predicted octanol–water partition coefficient (Wildman–Crippen LogP) is 4.46. The largest absolute Gasteiger partial charge is 0.455 e. The van der Waals surface area contributed by atoms with Crippen LogP contribution in [0.15, 0.2) is 54.6 Å². The Morgan fingerprint density at radius 2 is 1.76 bits per heavy atom. The highest BCUT2D eigenvalue weighted by molar-refractivity contribution is 5.94. The fourth-order valence-electron chi connectivity index (χ4n) is 2.33. The van der Waals surface area contributed by atoms with Crippen LogP contribution in [0.5, 0.6) is 11.5 Å². The molecule has 1 saturated carbocycles. The van der Waals surface area contributed by atoms with Crippen LogP contribution in [0.3, 0.4) is 0 Å². The third kappa shape index (κ3) is 3.43. The topological polar surface area (TPSA) is 38.3 Å². The summed E-state index contributed by atoms with van der Waals surface area (Å²) in [6.07, 6.45) is 2.33. The van der Waals surface area contributed by atoms with Gasteiger partial charge in [0.05, 0.1) is 5.69 Å². The fourth-order valence-corrected chi connectivity index (χ4v) is 2.33. The first-order valence-electron chi connectivity index (χ1n) is 7.37. The van der Waals surface area contributed by atoms with Crippen LogP contribution < -0.4 is 10.1 Å². The summed E-state index contributed by atoms with van der Waals surface area (Å²) >= 11 is 0.